The molecule has 2 atom stereocenters. The highest BCUT2D eigenvalue weighted by molar-refractivity contribution is 6.31. The molecular weight excluding hydrogens is 338 g/mol. The molecule has 25 heavy (non-hydrogen) atoms. The SMILES string of the molecule is Cc1c(Cl)cccc1N/C(N)=N/C1NC(=O)CC(c2ccccc2)N1. The van der Waals surface area contributed by atoms with Gasteiger partial charge in [-0.2, -0.15) is 0 Å². The van der Waals surface area contributed by atoms with Gasteiger partial charge in [-0.05, 0) is 30.2 Å². The summed E-state index contributed by atoms with van der Waals surface area (Å²) in [6, 6.07) is 15.2. The Morgan fingerprint density at radius 2 is 2.00 bits per heavy atom. The van der Waals surface area contributed by atoms with E-state index < -0.39 is 6.29 Å². The van der Waals surface area contributed by atoms with E-state index in [-0.39, 0.29) is 17.9 Å². The first-order valence-electron chi connectivity index (χ1n) is 7.98. The Kier molecular flexibility index (Phi) is 5.21. The van der Waals surface area contributed by atoms with E-state index in [0.29, 0.717) is 11.4 Å². The smallest absolute Gasteiger partial charge is 0.224 e. The summed E-state index contributed by atoms with van der Waals surface area (Å²) in [7, 11) is 0. The highest BCUT2D eigenvalue weighted by atomic mass is 35.5. The molecule has 3 rings (SSSR count). The lowest BCUT2D eigenvalue weighted by Crippen LogP contribution is -2.52. The van der Waals surface area contributed by atoms with Crippen molar-refractivity contribution in [1.29, 1.82) is 0 Å². The minimum atomic E-state index is -0.599. The van der Waals surface area contributed by atoms with Crippen LogP contribution in [-0.2, 0) is 4.79 Å². The summed E-state index contributed by atoms with van der Waals surface area (Å²) in [5.41, 5.74) is 8.68. The van der Waals surface area contributed by atoms with E-state index in [2.05, 4.69) is 20.9 Å². The molecule has 5 N–H and O–H groups in total. The number of amides is 1. The molecule has 1 amide bonds. The lowest BCUT2D eigenvalue weighted by Gasteiger charge is -2.29. The standard InChI is InChI=1S/C18H20ClN5O/c1-11-13(19)8-5-9-14(11)21-17(20)24-18-22-15(10-16(25)23-18)12-6-3-2-4-7-12/h2-9,15,18,22H,10H2,1H3,(H,23,25)(H3,20,21,24). The van der Waals surface area contributed by atoms with Crippen molar-refractivity contribution in [2.45, 2.75) is 25.7 Å². The highest BCUT2D eigenvalue weighted by Gasteiger charge is 2.26. The van der Waals surface area contributed by atoms with Crippen LogP contribution >= 0.6 is 11.6 Å². The molecule has 1 aliphatic heterocycles. The van der Waals surface area contributed by atoms with E-state index in [1.807, 2.05) is 55.5 Å². The van der Waals surface area contributed by atoms with Gasteiger partial charge in [-0.15, -0.1) is 0 Å². The largest absolute Gasteiger partial charge is 0.370 e. The van der Waals surface area contributed by atoms with Crippen molar-refractivity contribution in [3.05, 3.63) is 64.7 Å². The predicted octanol–water partition coefficient (Wildman–Crippen LogP) is 2.51. The van der Waals surface area contributed by atoms with Gasteiger partial charge in [-0.25, -0.2) is 4.99 Å². The number of hydrogen-bond donors (Lipinski definition) is 4. The van der Waals surface area contributed by atoms with Crippen LogP contribution in [-0.4, -0.2) is 18.2 Å². The summed E-state index contributed by atoms with van der Waals surface area (Å²) in [4.78, 5) is 16.3. The minimum Gasteiger partial charge on any atom is -0.370 e. The first-order valence-corrected chi connectivity index (χ1v) is 8.36. The average molecular weight is 358 g/mol. The normalized spacial score (nSPS) is 20.9. The lowest BCUT2D eigenvalue weighted by atomic mass is 10.0. The van der Waals surface area contributed by atoms with Gasteiger partial charge in [0.15, 0.2) is 12.2 Å². The minimum absolute atomic E-state index is 0.0758. The number of nitrogens with two attached hydrogens (primary N) is 1. The van der Waals surface area contributed by atoms with E-state index in [0.717, 1.165) is 16.8 Å². The maximum atomic E-state index is 12.0. The average Bonchev–Trinajstić information content (AvgIpc) is 2.59. The molecule has 0 aromatic heterocycles. The summed E-state index contributed by atoms with van der Waals surface area (Å²) in [5, 5.41) is 9.72. The molecule has 0 spiro atoms. The van der Waals surface area contributed by atoms with Crippen molar-refractivity contribution in [2.75, 3.05) is 5.32 Å². The van der Waals surface area contributed by atoms with Crippen LogP contribution in [0.15, 0.2) is 53.5 Å². The Morgan fingerprint density at radius 1 is 1.24 bits per heavy atom. The van der Waals surface area contributed by atoms with Gasteiger partial charge in [-0.1, -0.05) is 48.0 Å². The van der Waals surface area contributed by atoms with Crippen LogP contribution in [0.25, 0.3) is 0 Å². The third-order valence-corrected chi connectivity index (χ3v) is 4.46. The van der Waals surface area contributed by atoms with E-state index in [9.17, 15) is 4.79 Å². The van der Waals surface area contributed by atoms with Crippen molar-refractivity contribution in [2.24, 2.45) is 10.7 Å². The number of nitrogens with one attached hydrogen (secondary N) is 3. The monoisotopic (exact) mass is 357 g/mol. The van der Waals surface area contributed by atoms with Gasteiger partial charge in [-0.3, -0.25) is 10.1 Å². The number of anilines is 1. The summed E-state index contributed by atoms with van der Waals surface area (Å²) >= 11 is 6.11. The number of benzene rings is 2. The zero-order valence-corrected chi connectivity index (χ0v) is 14.5. The van der Waals surface area contributed by atoms with Crippen molar-refractivity contribution < 1.29 is 4.79 Å². The molecule has 1 aliphatic rings. The summed E-state index contributed by atoms with van der Waals surface area (Å²) in [6.45, 7) is 1.89. The second kappa shape index (κ2) is 7.55. The molecule has 1 heterocycles. The third-order valence-electron chi connectivity index (χ3n) is 4.05. The molecule has 6 nitrogen and oxygen atoms in total. The molecule has 1 saturated heterocycles. The van der Waals surface area contributed by atoms with Crippen LogP contribution in [0.4, 0.5) is 5.69 Å². The van der Waals surface area contributed by atoms with E-state index in [4.69, 9.17) is 17.3 Å². The van der Waals surface area contributed by atoms with Gasteiger partial charge in [0.25, 0.3) is 0 Å². The topological polar surface area (TPSA) is 91.5 Å². The lowest BCUT2D eigenvalue weighted by molar-refractivity contribution is -0.124. The van der Waals surface area contributed by atoms with Gasteiger partial charge in [0, 0.05) is 23.2 Å². The number of guanidine groups is 1. The summed E-state index contributed by atoms with van der Waals surface area (Å²) in [5.74, 6) is 0.116. The molecule has 2 aromatic rings. The van der Waals surface area contributed by atoms with Crippen LogP contribution in [0.3, 0.4) is 0 Å². The van der Waals surface area contributed by atoms with Crippen molar-refractivity contribution in [1.82, 2.24) is 10.6 Å². The molecule has 2 aromatic carbocycles. The molecule has 130 valence electrons. The molecule has 1 fully saturated rings. The van der Waals surface area contributed by atoms with Gasteiger partial charge in [0.2, 0.25) is 5.91 Å². The fourth-order valence-electron chi connectivity index (χ4n) is 2.71. The first-order chi connectivity index (χ1) is 12.0. The Morgan fingerprint density at radius 3 is 2.76 bits per heavy atom. The van der Waals surface area contributed by atoms with Crippen LogP contribution in [0, 0.1) is 6.92 Å². The molecule has 7 heteroatoms. The summed E-state index contributed by atoms with van der Waals surface area (Å²) < 4.78 is 0. The molecular formula is C18H20ClN5O. The quantitative estimate of drug-likeness (QED) is 0.501. The van der Waals surface area contributed by atoms with Crippen molar-refractivity contribution in [3.8, 4) is 0 Å². The van der Waals surface area contributed by atoms with Crippen molar-refractivity contribution in [3.63, 3.8) is 0 Å². The van der Waals surface area contributed by atoms with E-state index in [1.165, 1.54) is 0 Å². The van der Waals surface area contributed by atoms with Crippen molar-refractivity contribution >= 4 is 29.2 Å². The number of carbonyl (C=O) groups excluding carboxylic acids is 1. The molecule has 0 aliphatic carbocycles. The zero-order valence-electron chi connectivity index (χ0n) is 13.8. The van der Waals surface area contributed by atoms with Crippen LogP contribution < -0.4 is 21.7 Å². The summed E-state index contributed by atoms with van der Waals surface area (Å²) in [6.07, 6.45) is -0.241. The highest BCUT2D eigenvalue weighted by Crippen LogP contribution is 2.23. The fourth-order valence-corrected chi connectivity index (χ4v) is 2.88. The number of halogens is 1. The first kappa shape index (κ1) is 17.3. The second-order valence-corrected chi connectivity index (χ2v) is 6.26. The zero-order chi connectivity index (χ0) is 17.8. The maximum absolute atomic E-state index is 12.0. The predicted molar refractivity (Wildman–Crippen MR) is 100 cm³/mol. The van der Waals surface area contributed by atoms with Gasteiger partial charge < -0.3 is 16.4 Å². The van der Waals surface area contributed by atoms with Crippen LogP contribution in [0.5, 0.6) is 0 Å². The number of nitrogens with zero attached hydrogens (tertiary/aromatic N) is 1. The second-order valence-electron chi connectivity index (χ2n) is 5.86. The Bertz CT molecular complexity index is 793. The molecule has 0 bridgehead atoms. The maximum Gasteiger partial charge on any atom is 0.224 e. The van der Waals surface area contributed by atoms with E-state index >= 15 is 0 Å². The Hall–Kier alpha value is -2.57. The molecule has 0 saturated carbocycles. The van der Waals surface area contributed by atoms with E-state index in [1.54, 1.807) is 0 Å². The van der Waals surface area contributed by atoms with Gasteiger partial charge in [0.05, 0.1) is 0 Å². The molecule has 2 unspecified atom stereocenters. The Labute approximate surface area is 151 Å². The number of rotatable bonds is 3. The number of hydrogen-bond acceptors (Lipinski definition) is 3. The van der Waals surface area contributed by atoms with Gasteiger partial charge in [0.1, 0.15) is 0 Å². The molecule has 0 radical (unpaired) electrons. The van der Waals surface area contributed by atoms with Crippen LogP contribution in [0.2, 0.25) is 5.02 Å². The van der Waals surface area contributed by atoms with Gasteiger partial charge >= 0.3 is 0 Å². The number of carbonyl (C=O) groups is 1. The third kappa shape index (κ3) is 4.29. The number of aliphatic imine (C=N–C) groups is 1. The van der Waals surface area contributed by atoms with Crippen LogP contribution in [0.1, 0.15) is 23.6 Å². The fraction of sp³-hybridized carbons (Fsp3) is 0.222. The Balaban J connectivity index is 1.73.